The second-order valence-electron chi connectivity index (χ2n) is 5.13. The Hall–Kier alpha value is -0.290. The van der Waals surface area contributed by atoms with Crippen molar-refractivity contribution >= 4 is 0 Å². The number of alkyl halides is 3. The molecule has 0 N–H and O–H groups in total. The fourth-order valence-corrected chi connectivity index (χ4v) is 2.33. The lowest BCUT2D eigenvalue weighted by Crippen LogP contribution is -2.35. The van der Waals surface area contributed by atoms with Gasteiger partial charge in [-0.1, -0.05) is 0 Å². The minimum absolute atomic E-state index is 0.111. The van der Waals surface area contributed by atoms with Gasteiger partial charge in [-0.15, -0.1) is 0 Å². The number of ether oxygens (including phenoxy) is 1. The van der Waals surface area contributed by atoms with Crippen molar-refractivity contribution in [2.45, 2.75) is 51.4 Å². The van der Waals surface area contributed by atoms with Crippen LogP contribution in [0.1, 0.15) is 33.1 Å². The first kappa shape index (κ1) is 14.8. The van der Waals surface area contributed by atoms with Crippen LogP contribution in [-0.2, 0) is 4.74 Å². The van der Waals surface area contributed by atoms with Crippen LogP contribution in [-0.4, -0.2) is 43.4 Å². The summed E-state index contributed by atoms with van der Waals surface area (Å²) in [6.45, 7) is 5.30. The Bertz CT molecular complexity index is 230. The first-order valence-corrected chi connectivity index (χ1v) is 6.18. The third-order valence-electron chi connectivity index (χ3n) is 3.36. The van der Waals surface area contributed by atoms with Crippen LogP contribution < -0.4 is 0 Å². The van der Waals surface area contributed by atoms with Crippen molar-refractivity contribution in [3.05, 3.63) is 0 Å². The molecule has 1 aliphatic heterocycles. The number of hydrogen-bond donors (Lipinski definition) is 0. The molecule has 1 heterocycles. The third kappa shape index (κ3) is 5.25. The van der Waals surface area contributed by atoms with E-state index in [0.29, 0.717) is 6.61 Å². The molecular formula is C12H22F3NO. The van der Waals surface area contributed by atoms with Crippen molar-refractivity contribution < 1.29 is 17.9 Å². The highest BCUT2D eigenvalue weighted by Gasteiger charge is 2.35. The van der Waals surface area contributed by atoms with E-state index in [1.54, 1.807) is 0 Å². The fraction of sp³-hybridized carbons (Fsp3) is 1.00. The molecule has 0 bridgehead atoms. The number of nitrogens with zero attached hydrogens (tertiary/aromatic N) is 1. The van der Waals surface area contributed by atoms with Gasteiger partial charge in [-0.3, -0.25) is 0 Å². The molecule has 5 heteroatoms. The summed E-state index contributed by atoms with van der Waals surface area (Å²) in [5.41, 5.74) is 0. The fourth-order valence-electron chi connectivity index (χ4n) is 2.33. The van der Waals surface area contributed by atoms with Gasteiger partial charge in [0.2, 0.25) is 0 Å². The van der Waals surface area contributed by atoms with Crippen LogP contribution in [0.2, 0.25) is 0 Å². The zero-order valence-electron chi connectivity index (χ0n) is 10.8. The number of likely N-dealkylation sites (tertiary alicyclic amines) is 1. The zero-order chi connectivity index (χ0) is 13.1. The van der Waals surface area contributed by atoms with E-state index in [4.69, 9.17) is 4.74 Å². The Labute approximate surface area is 101 Å². The van der Waals surface area contributed by atoms with E-state index >= 15 is 0 Å². The van der Waals surface area contributed by atoms with Gasteiger partial charge in [0.15, 0.2) is 0 Å². The second-order valence-corrected chi connectivity index (χ2v) is 5.13. The minimum atomic E-state index is -4.04. The number of hydrogen-bond acceptors (Lipinski definition) is 2. The Kier molecular flexibility index (Phi) is 5.25. The summed E-state index contributed by atoms with van der Waals surface area (Å²) in [6, 6.07) is 0.139. The van der Waals surface area contributed by atoms with Crippen LogP contribution in [0, 0.1) is 5.92 Å². The topological polar surface area (TPSA) is 12.5 Å². The molecule has 0 aromatic carbocycles. The quantitative estimate of drug-likeness (QED) is 0.746. The predicted molar refractivity (Wildman–Crippen MR) is 60.9 cm³/mol. The normalized spacial score (nSPS) is 27.0. The summed E-state index contributed by atoms with van der Waals surface area (Å²) in [5, 5.41) is 0. The molecule has 1 rings (SSSR count). The molecule has 0 amide bonds. The van der Waals surface area contributed by atoms with Gasteiger partial charge in [-0.25, -0.2) is 0 Å². The van der Waals surface area contributed by atoms with Gasteiger partial charge in [0.05, 0.1) is 12.7 Å². The maximum Gasteiger partial charge on any atom is 0.389 e. The van der Waals surface area contributed by atoms with Crippen molar-refractivity contribution in [2.24, 2.45) is 5.92 Å². The molecule has 0 aliphatic carbocycles. The summed E-state index contributed by atoms with van der Waals surface area (Å²) in [4.78, 5) is 2.11. The average Bonchev–Trinajstić information content (AvgIpc) is 2.52. The lowest BCUT2D eigenvalue weighted by molar-refractivity contribution is -0.138. The first-order chi connectivity index (χ1) is 7.79. The van der Waals surface area contributed by atoms with Crippen LogP contribution in [0.4, 0.5) is 13.2 Å². The number of rotatable bonds is 5. The van der Waals surface area contributed by atoms with Gasteiger partial charge in [0, 0.05) is 12.5 Å². The molecule has 0 aromatic heterocycles. The van der Waals surface area contributed by atoms with Crippen LogP contribution in [0.3, 0.4) is 0 Å². The molecule has 0 aromatic rings. The Morgan fingerprint density at radius 3 is 2.53 bits per heavy atom. The van der Waals surface area contributed by atoms with Crippen LogP contribution in [0.25, 0.3) is 0 Å². The maximum atomic E-state index is 12.2. The lowest BCUT2D eigenvalue weighted by atomic mass is 9.95. The van der Waals surface area contributed by atoms with Gasteiger partial charge >= 0.3 is 6.18 Å². The standard InChI is InChI=1S/C12H22F3NO/c1-9(2)17-8-11-10(5-7-16(11)3)4-6-12(13,14)15/h9-11H,4-8H2,1-3H3. The van der Waals surface area contributed by atoms with E-state index < -0.39 is 12.6 Å². The molecule has 1 fully saturated rings. The highest BCUT2D eigenvalue weighted by Crippen LogP contribution is 2.32. The largest absolute Gasteiger partial charge is 0.389 e. The van der Waals surface area contributed by atoms with Crippen LogP contribution in [0.15, 0.2) is 0 Å². The van der Waals surface area contributed by atoms with E-state index in [9.17, 15) is 13.2 Å². The van der Waals surface area contributed by atoms with Crippen molar-refractivity contribution in [3.8, 4) is 0 Å². The molecule has 102 valence electrons. The van der Waals surface area contributed by atoms with Gasteiger partial charge in [-0.05, 0) is 46.2 Å². The summed E-state index contributed by atoms with van der Waals surface area (Å²) in [7, 11) is 1.96. The van der Waals surface area contributed by atoms with Crippen LogP contribution in [0.5, 0.6) is 0 Å². The van der Waals surface area contributed by atoms with Crippen molar-refractivity contribution in [1.29, 1.82) is 0 Å². The Balaban J connectivity index is 2.41. The molecule has 0 saturated carbocycles. The van der Waals surface area contributed by atoms with Gasteiger partial charge in [0.25, 0.3) is 0 Å². The molecule has 2 unspecified atom stereocenters. The van der Waals surface area contributed by atoms with Gasteiger partial charge in [0.1, 0.15) is 0 Å². The average molecular weight is 253 g/mol. The maximum absolute atomic E-state index is 12.2. The molecule has 2 nitrogen and oxygen atoms in total. The predicted octanol–water partition coefficient (Wildman–Crippen LogP) is 3.07. The molecule has 1 saturated heterocycles. The van der Waals surface area contributed by atoms with Crippen LogP contribution >= 0.6 is 0 Å². The van der Waals surface area contributed by atoms with Gasteiger partial charge in [-0.2, -0.15) is 13.2 Å². The highest BCUT2D eigenvalue weighted by molar-refractivity contribution is 4.85. The Morgan fingerprint density at radius 2 is 2.00 bits per heavy atom. The second kappa shape index (κ2) is 6.05. The summed E-state index contributed by atoms with van der Waals surface area (Å²) < 4.78 is 42.1. The van der Waals surface area contributed by atoms with Crippen molar-refractivity contribution in [3.63, 3.8) is 0 Å². The van der Waals surface area contributed by atoms with Crippen molar-refractivity contribution in [1.82, 2.24) is 4.90 Å². The summed E-state index contributed by atoms with van der Waals surface area (Å²) in [6.07, 6.45) is -3.51. The molecule has 1 aliphatic rings. The highest BCUT2D eigenvalue weighted by atomic mass is 19.4. The summed E-state index contributed by atoms with van der Waals surface area (Å²) in [5.74, 6) is 0.111. The van der Waals surface area contributed by atoms with Gasteiger partial charge < -0.3 is 9.64 Å². The minimum Gasteiger partial charge on any atom is -0.377 e. The number of halogens is 3. The van der Waals surface area contributed by atoms with E-state index in [-0.39, 0.29) is 24.5 Å². The molecule has 2 atom stereocenters. The third-order valence-corrected chi connectivity index (χ3v) is 3.36. The van der Waals surface area contributed by atoms with Crippen molar-refractivity contribution in [2.75, 3.05) is 20.2 Å². The van der Waals surface area contributed by atoms with E-state index in [1.807, 2.05) is 20.9 Å². The first-order valence-electron chi connectivity index (χ1n) is 6.18. The van der Waals surface area contributed by atoms with E-state index in [2.05, 4.69) is 4.90 Å². The SMILES string of the molecule is CC(C)OCC1C(CCC(F)(F)F)CCN1C. The summed E-state index contributed by atoms with van der Waals surface area (Å²) >= 11 is 0. The lowest BCUT2D eigenvalue weighted by Gasteiger charge is -2.26. The number of likely N-dealkylation sites (N-methyl/N-ethyl adjacent to an activating group) is 1. The molecule has 0 radical (unpaired) electrons. The molecular weight excluding hydrogens is 231 g/mol. The zero-order valence-corrected chi connectivity index (χ0v) is 10.8. The smallest absolute Gasteiger partial charge is 0.377 e. The van der Waals surface area contributed by atoms with E-state index in [0.717, 1.165) is 13.0 Å². The molecule has 17 heavy (non-hydrogen) atoms. The Morgan fingerprint density at radius 1 is 1.35 bits per heavy atom. The van der Waals surface area contributed by atoms with E-state index in [1.165, 1.54) is 0 Å². The molecule has 0 spiro atoms. The monoisotopic (exact) mass is 253 g/mol.